The Bertz CT molecular complexity index is 286. The van der Waals surface area contributed by atoms with Crippen molar-refractivity contribution in [3.63, 3.8) is 0 Å². The van der Waals surface area contributed by atoms with Gasteiger partial charge < -0.3 is 4.79 Å². The Morgan fingerprint density at radius 3 is 2.17 bits per heavy atom. The fraction of sp³-hybridized carbons (Fsp3) is 0.706. The standard InChI is InChI=1S/C17H30O/c1-6-14(2)8-7-9-15(3)10-11-16(4)17(5)12-13-18/h8,10,13,16-17H,6-7,9,11-12H2,1-5H3/b14-8-,15-10+/t16-,17+/m1/s1. The number of carbonyl (C=O) groups is 1. The quantitative estimate of drug-likeness (QED) is 0.400. The molecule has 18 heavy (non-hydrogen) atoms. The largest absolute Gasteiger partial charge is 0.303 e. The topological polar surface area (TPSA) is 17.1 Å². The number of allylic oxidation sites excluding steroid dienone is 4. The third kappa shape index (κ3) is 8.27. The summed E-state index contributed by atoms with van der Waals surface area (Å²) in [7, 11) is 0. The molecular formula is C17H30O. The monoisotopic (exact) mass is 250 g/mol. The molecule has 0 saturated carbocycles. The number of rotatable bonds is 9. The first kappa shape index (κ1) is 17.2. The summed E-state index contributed by atoms with van der Waals surface area (Å²) in [6.07, 6.45) is 11.0. The minimum atomic E-state index is 0.494. The number of carbonyl (C=O) groups excluding carboxylic acids is 1. The maximum Gasteiger partial charge on any atom is 0.120 e. The van der Waals surface area contributed by atoms with E-state index in [0.29, 0.717) is 18.3 Å². The molecule has 1 nitrogen and oxygen atoms in total. The molecule has 0 bridgehead atoms. The van der Waals surface area contributed by atoms with Crippen LogP contribution in [0.4, 0.5) is 0 Å². The molecule has 0 aliphatic carbocycles. The second-order valence-corrected chi connectivity index (χ2v) is 5.59. The molecule has 0 aromatic heterocycles. The van der Waals surface area contributed by atoms with Crippen molar-refractivity contribution in [2.24, 2.45) is 11.8 Å². The summed E-state index contributed by atoms with van der Waals surface area (Å²) < 4.78 is 0. The van der Waals surface area contributed by atoms with Gasteiger partial charge in [-0.05, 0) is 51.4 Å². The fourth-order valence-electron chi connectivity index (χ4n) is 1.80. The van der Waals surface area contributed by atoms with Gasteiger partial charge in [-0.3, -0.25) is 0 Å². The third-order valence-electron chi connectivity index (χ3n) is 3.87. The molecule has 0 aromatic rings. The molecule has 0 amide bonds. The van der Waals surface area contributed by atoms with E-state index in [1.54, 1.807) is 0 Å². The zero-order valence-electron chi connectivity index (χ0n) is 12.8. The Morgan fingerprint density at radius 2 is 1.61 bits per heavy atom. The summed E-state index contributed by atoms with van der Waals surface area (Å²) in [6.45, 7) is 11.0. The lowest BCUT2D eigenvalue weighted by Crippen LogP contribution is -2.07. The summed E-state index contributed by atoms with van der Waals surface area (Å²) in [6, 6.07) is 0. The van der Waals surface area contributed by atoms with E-state index in [9.17, 15) is 4.79 Å². The number of aldehydes is 1. The van der Waals surface area contributed by atoms with Gasteiger partial charge in [-0.25, -0.2) is 0 Å². The number of hydrogen-bond donors (Lipinski definition) is 0. The van der Waals surface area contributed by atoms with Gasteiger partial charge in [-0.15, -0.1) is 0 Å². The Kier molecular flexibility index (Phi) is 9.63. The maximum atomic E-state index is 10.5. The van der Waals surface area contributed by atoms with Crippen molar-refractivity contribution in [1.29, 1.82) is 0 Å². The van der Waals surface area contributed by atoms with Crippen LogP contribution in [-0.4, -0.2) is 6.29 Å². The van der Waals surface area contributed by atoms with Crippen LogP contribution in [0.25, 0.3) is 0 Å². The second kappa shape index (κ2) is 10.1. The zero-order chi connectivity index (χ0) is 14.0. The molecule has 104 valence electrons. The van der Waals surface area contributed by atoms with Crippen LogP contribution in [0.2, 0.25) is 0 Å². The van der Waals surface area contributed by atoms with E-state index < -0.39 is 0 Å². The highest BCUT2D eigenvalue weighted by Crippen LogP contribution is 2.19. The molecule has 0 N–H and O–H groups in total. The summed E-state index contributed by atoms with van der Waals surface area (Å²) in [4.78, 5) is 10.5. The van der Waals surface area contributed by atoms with Crippen molar-refractivity contribution in [3.05, 3.63) is 23.3 Å². The maximum absolute atomic E-state index is 10.5. The Labute approximate surface area is 113 Å². The van der Waals surface area contributed by atoms with E-state index >= 15 is 0 Å². The first-order valence-corrected chi connectivity index (χ1v) is 7.26. The van der Waals surface area contributed by atoms with Gasteiger partial charge in [-0.1, -0.05) is 44.1 Å². The molecule has 0 aliphatic heterocycles. The van der Waals surface area contributed by atoms with Crippen LogP contribution in [0.3, 0.4) is 0 Å². The minimum Gasteiger partial charge on any atom is -0.303 e. The third-order valence-corrected chi connectivity index (χ3v) is 3.87. The summed E-state index contributed by atoms with van der Waals surface area (Å²) >= 11 is 0. The average molecular weight is 250 g/mol. The van der Waals surface area contributed by atoms with Gasteiger partial charge >= 0.3 is 0 Å². The molecule has 0 spiro atoms. The smallest absolute Gasteiger partial charge is 0.120 e. The van der Waals surface area contributed by atoms with E-state index in [4.69, 9.17) is 0 Å². The lowest BCUT2D eigenvalue weighted by molar-refractivity contribution is -0.108. The molecule has 0 fully saturated rings. The van der Waals surface area contributed by atoms with Crippen LogP contribution in [-0.2, 0) is 4.79 Å². The van der Waals surface area contributed by atoms with Crippen LogP contribution in [0.15, 0.2) is 23.3 Å². The van der Waals surface area contributed by atoms with Crippen LogP contribution in [0, 0.1) is 11.8 Å². The molecule has 0 aromatic carbocycles. The predicted molar refractivity (Wildman–Crippen MR) is 80.7 cm³/mol. The van der Waals surface area contributed by atoms with Gasteiger partial charge in [0.05, 0.1) is 0 Å². The molecule has 0 saturated heterocycles. The van der Waals surface area contributed by atoms with Crippen LogP contribution in [0.5, 0.6) is 0 Å². The van der Waals surface area contributed by atoms with Gasteiger partial charge in [0.2, 0.25) is 0 Å². The minimum absolute atomic E-state index is 0.494. The summed E-state index contributed by atoms with van der Waals surface area (Å²) in [5.74, 6) is 1.09. The SMILES string of the molecule is CC/C(C)=C\CC/C(C)=C/C[C@@H](C)[C@@H](C)CC=O. The van der Waals surface area contributed by atoms with Crippen LogP contribution in [0.1, 0.15) is 66.7 Å². The predicted octanol–water partition coefficient (Wildman–Crippen LogP) is 5.32. The average Bonchev–Trinajstić information content (AvgIpc) is 2.35. The van der Waals surface area contributed by atoms with Crippen molar-refractivity contribution in [2.45, 2.75) is 66.7 Å². The molecule has 0 heterocycles. The van der Waals surface area contributed by atoms with Gasteiger partial charge in [0, 0.05) is 6.42 Å². The molecule has 0 unspecified atom stereocenters. The number of hydrogen-bond acceptors (Lipinski definition) is 1. The van der Waals surface area contributed by atoms with Crippen molar-refractivity contribution < 1.29 is 4.79 Å². The van der Waals surface area contributed by atoms with Gasteiger partial charge in [0.25, 0.3) is 0 Å². The summed E-state index contributed by atoms with van der Waals surface area (Å²) in [5.41, 5.74) is 2.95. The molecular weight excluding hydrogens is 220 g/mol. The highest BCUT2D eigenvalue weighted by molar-refractivity contribution is 5.49. The van der Waals surface area contributed by atoms with Gasteiger partial charge in [-0.2, -0.15) is 0 Å². The van der Waals surface area contributed by atoms with Crippen molar-refractivity contribution in [3.8, 4) is 0 Å². The van der Waals surface area contributed by atoms with E-state index in [0.717, 1.165) is 32.0 Å². The molecule has 0 rings (SSSR count). The zero-order valence-corrected chi connectivity index (χ0v) is 12.8. The van der Waals surface area contributed by atoms with Crippen molar-refractivity contribution in [2.75, 3.05) is 0 Å². The Hall–Kier alpha value is -0.850. The van der Waals surface area contributed by atoms with E-state index in [1.165, 1.54) is 11.1 Å². The molecule has 0 radical (unpaired) electrons. The Balaban J connectivity index is 4.00. The lowest BCUT2D eigenvalue weighted by Gasteiger charge is -2.15. The van der Waals surface area contributed by atoms with E-state index in [-0.39, 0.29) is 0 Å². The molecule has 1 heteroatoms. The second-order valence-electron chi connectivity index (χ2n) is 5.59. The lowest BCUT2D eigenvalue weighted by atomic mass is 9.90. The van der Waals surface area contributed by atoms with E-state index in [2.05, 4.69) is 46.8 Å². The normalized spacial score (nSPS) is 16.5. The Morgan fingerprint density at radius 1 is 1.00 bits per heavy atom. The fourth-order valence-corrected chi connectivity index (χ4v) is 1.80. The van der Waals surface area contributed by atoms with Gasteiger partial charge in [0.15, 0.2) is 0 Å². The van der Waals surface area contributed by atoms with Crippen molar-refractivity contribution >= 4 is 6.29 Å². The van der Waals surface area contributed by atoms with Crippen LogP contribution < -0.4 is 0 Å². The highest BCUT2D eigenvalue weighted by Gasteiger charge is 2.09. The van der Waals surface area contributed by atoms with Crippen molar-refractivity contribution in [1.82, 2.24) is 0 Å². The van der Waals surface area contributed by atoms with Crippen LogP contribution >= 0.6 is 0 Å². The molecule has 0 aliphatic rings. The molecule has 2 atom stereocenters. The first-order valence-electron chi connectivity index (χ1n) is 7.26. The van der Waals surface area contributed by atoms with E-state index in [1.807, 2.05) is 0 Å². The van der Waals surface area contributed by atoms with Gasteiger partial charge in [0.1, 0.15) is 6.29 Å². The first-order chi connectivity index (χ1) is 8.51. The highest BCUT2D eigenvalue weighted by atomic mass is 16.1. The summed E-state index contributed by atoms with van der Waals surface area (Å²) in [5, 5.41) is 0.